The second-order valence-electron chi connectivity index (χ2n) is 4.88. The van der Waals surface area contributed by atoms with Crippen LogP contribution in [-0.2, 0) is 0 Å². The molecule has 0 radical (unpaired) electrons. The first-order valence-electron chi connectivity index (χ1n) is 6.50. The van der Waals surface area contributed by atoms with Gasteiger partial charge in [0.15, 0.2) is 5.75 Å². The summed E-state index contributed by atoms with van der Waals surface area (Å²) in [5.74, 6) is 0.668. The molecule has 0 bridgehead atoms. The monoisotopic (exact) mass is 285 g/mol. The maximum absolute atomic E-state index is 10.4. The molecule has 0 aliphatic heterocycles. The lowest BCUT2D eigenvalue weighted by Crippen LogP contribution is -1.89. The lowest BCUT2D eigenvalue weighted by molar-refractivity contribution is 0.412. The van der Waals surface area contributed by atoms with Crippen molar-refractivity contribution in [1.82, 2.24) is 5.16 Å². The Morgan fingerprint density at radius 1 is 1.05 bits per heavy atom. The zero-order valence-electron chi connectivity index (χ0n) is 12.0. The maximum Gasteiger partial charge on any atom is 0.213 e. The summed E-state index contributed by atoms with van der Waals surface area (Å²) in [5.41, 5.74) is 2.48. The summed E-state index contributed by atoms with van der Waals surface area (Å²) >= 11 is 0. The molecule has 0 atom stereocenters. The van der Waals surface area contributed by atoms with Gasteiger partial charge >= 0.3 is 0 Å². The van der Waals surface area contributed by atoms with Crippen molar-refractivity contribution in [2.75, 3.05) is 7.11 Å². The summed E-state index contributed by atoms with van der Waals surface area (Å²) in [4.78, 5) is 0. The van der Waals surface area contributed by atoms with Gasteiger partial charge in [0, 0.05) is 11.1 Å². The van der Waals surface area contributed by atoms with Crippen LogP contribution in [0.1, 0.15) is 11.1 Å². The molecule has 0 saturated carbocycles. The molecule has 5 heteroatoms. The zero-order chi connectivity index (χ0) is 15.1. The number of para-hydroxylation sites is 1. The van der Waals surface area contributed by atoms with Crippen molar-refractivity contribution in [2.24, 2.45) is 0 Å². The van der Waals surface area contributed by atoms with Gasteiger partial charge in [-0.2, -0.15) is 0 Å². The number of phenols is 2. The lowest BCUT2D eigenvalue weighted by Gasteiger charge is -2.09. The van der Waals surface area contributed by atoms with Crippen molar-refractivity contribution in [3.05, 3.63) is 35.4 Å². The topological polar surface area (TPSA) is 75.7 Å². The Morgan fingerprint density at radius 2 is 1.71 bits per heavy atom. The summed E-state index contributed by atoms with van der Waals surface area (Å²) in [5, 5.41) is 25.0. The van der Waals surface area contributed by atoms with Crippen molar-refractivity contribution in [3.8, 4) is 28.5 Å². The van der Waals surface area contributed by atoms with Gasteiger partial charge in [0.05, 0.1) is 12.5 Å². The predicted molar refractivity (Wildman–Crippen MR) is 78.8 cm³/mol. The zero-order valence-corrected chi connectivity index (χ0v) is 12.0. The molecule has 0 aliphatic carbocycles. The minimum atomic E-state index is -0.00560. The van der Waals surface area contributed by atoms with E-state index in [4.69, 9.17) is 9.26 Å². The fourth-order valence-electron chi connectivity index (χ4n) is 2.41. The van der Waals surface area contributed by atoms with E-state index in [1.165, 1.54) is 0 Å². The highest BCUT2D eigenvalue weighted by Crippen LogP contribution is 2.44. The van der Waals surface area contributed by atoms with E-state index in [1.807, 2.05) is 18.2 Å². The van der Waals surface area contributed by atoms with Gasteiger partial charge in [0.1, 0.15) is 17.2 Å². The number of ether oxygens (including phenoxy) is 1. The van der Waals surface area contributed by atoms with Crippen molar-refractivity contribution in [3.63, 3.8) is 0 Å². The third-order valence-electron chi connectivity index (χ3n) is 3.78. The van der Waals surface area contributed by atoms with Gasteiger partial charge in [-0.1, -0.05) is 17.3 Å². The van der Waals surface area contributed by atoms with Crippen LogP contribution in [0.3, 0.4) is 0 Å². The second-order valence-corrected chi connectivity index (χ2v) is 4.88. The number of hydrogen-bond donors (Lipinski definition) is 2. The van der Waals surface area contributed by atoms with Gasteiger partial charge in [-0.25, -0.2) is 0 Å². The SMILES string of the molecule is COc1ccccc1-c1noc2c(O)c(C)c(C)c(O)c12. The Bertz CT molecular complexity index is 836. The number of benzene rings is 2. The van der Waals surface area contributed by atoms with Crippen molar-refractivity contribution in [2.45, 2.75) is 13.8 Å². The van der Waals surface area contributed by atoms with Crippen molar-refractivity contribution in [1.29, 1.82) is 0 Å². The summed E-state index contributed by atoms with van der Waals surface area (Å²) in [6, 6.07) is 7.31. The van der Waals surface area contributed by atoms with Crippen LogP contribution in [-0.4, -0.2) is 22.5 Å². The number of methoxy groups -OCH3 is 1. The van der Waals surface area contributed by atoms with E-state index in [0.29, 0.717) is 33.5 Å². The van der Waals surface area contributed by atoms with E-state index in [0.717, 1.165) is 0 Å². The first-order chi connectivity index (χ1) is 10.1. The van der Waals surface area contributed by atoms with Crippen LogP contribution < -0.4 is 4.74 Å². The van der Waals surface area contributed by atoms with Gasteiger partial charge in [-0.05, 0) is 31.5 Å². The highest BCUT2D eigenvalue weighted by Gasteiger charge is 2.23. The molecule has 0 aliphatic rings. The molecule has 3 rings (SSSR count). The summed E-state index contributed by atoms with van der Waals surface area (Å²) in [6.07, 6.45) is 0. The molecule has 5 nitrogen and oxygen atoms in total. The molecule has 0 fully saturated rings. The van der Waals surface area contributed by atoms with E-state index < -0.39 is 0 Å². The number of aromatic hydroxyl groups is 2. The quantitative estimate of drug-likeness (QED) is 0.704. The maximum atomic E-state index is 10.4. The van der Waals surface area contributed by atoms with E-state index in [9.17, 15) is 10.2 Å². The molecular weight excluding hydrogens is 270 g/mol. The number of rotatable bonds is 2. The molecule has 1 heterocycles. The van der Waals surface area contributed by atoms with Crippen LogP contribution in [0.5, 0.6) is 17.2 Å². The first kappa shape index (κ1) is 13.3. The van der Waals surface area contributed by atoms with Gasteiger partial charge in [0.25, 0.3) is 0 Å². The normalized spacial score (nSPS) is 11.0. The number of hydrogen-bond acceptors (Lipinski definition) is 5. The highest BCUT2D eigenvalue weighted by molar-refractivity contribution is 6.01. The molecular formula is C16H15NO4. The molecule has 2 aromatic carbocycles. The van der Waals surface area contributed by atoms with Crippen LogP contribution in [0.15, 0.2) is 28.8 Å². The number of fused-ring (bicyclic) bond motifs is 1. The predicted octanol–water partition coefficient (Wildman–Crippen LogP) is 3.53. The van der Waals surface area contributed by atoms with Crippen LogP contribution in [0, 0.1) is 13.8 Å². The Kier molecular flexibility index (Phi) is 2.97. The Balaban J connectivity index is 2.41. The van der Waals surface area contributed by atoms with Crippen LogP contribution >= 0.6 is 0 Å². The smallest absolute Gasteiger partial charge is 0.213 e. The minimum Gasteiger partial charge on any atom is -0.507 e. The van der Waals surface area contributed by atoms with Crippen LogP contribution in [0.4, 0.5) is 0 Å². The Labute approximate surface area is 121 Å². The molecule has 0 spiro atoms. The van der Waals surface area contributed by atoms with Crippen LogP contribution in [0.2, 0.25) is 0 Å². The molecule has 3 aromatic rings. The molecule has 0 unspecified atom stereocenters. The summed E-state index contributed by atoms with van der Waals surface area (Å²) in [6.45, 7) is 3.46. The summed E-state index contributed by atoms with van der Waals surface area (Å²) < 4.78 is 10.6. The standard InChI is InChI=1S/C16H15NO4/c1-8-9(2)15(19)16-12(14(8)18)13(17-21-16)10-6-4-5-7-11(10)20-3/h4-7,18-19H,1-3H3. The fourth-order valence-corrected chi connectivity index (χ4v) is 2.41. The van der Waals surface area contributed by atoms with Gasteiger partial charge < -0.3 is 19.5 Å². The largest absolute Gasteiger partial charge is 0.507 e. The highest BCUT2D eigenvalue weighted by atomic mass is 16.5. The molecule has 108 valence electrons. The average molecular weight is 285 g/mol. The molecule has 1 aromatic heterocycles. The average Bonchev–Trinajstić information content (AvgIpc) is 2.95. The molecule has 2 N–H and O–H groups in total. The fraction of sp³-hybridized carbons (Fsp3) is 0.188. The van der Waals surface area contributed by atoms with E-state index in [1.54, 1.807) is 27.0 Å². The summed E-state index contributed by atoms with van der Waals surface area (Å²) in [7, 11) is 1.56. The van der Waals surface area contributed by atoms with E-state index in [2.05, 4.69) is 5.16 Å². The number of phenolic OH excluding ortho intramolecular Hbond substituents is 2. The minimum absolute atomic E-state index is 0.00560. The van der Waals surface area contributed by atoms with Crippen molar-refractivity contribution >= 4 is 11.0 Å². The molecule has 0 saturated heterocycles. The first-order valence-corrected chi connectivity index (χ1v) is 6.50. The Morgan fingerprint density at radius 3 is 2.43 bits per heavy atom. The van der Waals surface area contributed by atoms with Crippen molar-refractivity contribution < 1.29 is 19.5 Å². The third kappa shape index (κ3) is 1.81. The molecule has 21 heavy (non-hydrogen) atoms. The third-order valence-corrected chi connectivity index (χ3v) is 3.78. The van der Waals surface area contributed by atoms with E-state index >= 15 is 0 Å². The van der Waals surface area contributed by atoms with Gasteiger partial charge in [-0.3, -0.25) is 0 Å². The van der Waals surface area contributed by atoms with Crippen LogP contribution in [0.25, 0.3) is 22.2 Å². The van der Waals surface area contributed by atoms with Gasteiger partial charge in [-0.15, -0.1) is 0 Å². The van der Waals surface area contributed by atoms with E-state index in [-0.39, 0.29) is 17.1 Å². The lowest BCUT2D eigenvalue weighted by atomic mass is 10.00. The number of nitrogens with zero attached hydrogens (tertiary/aromatic N) is 1. The molecule has 0 amide bonds. The Hall–Kier alpha value is -2.69. The van der Waals surface area contributed by atoms with Gasteiger partial charge in [0.2, 0.25) is 5.58 Å². The second kappa shape index (κ2) is 4.70. The number of aromatic nitrogens is 1.